The van der Waals surface area contributed by atoms with Crippen LogP contribution in [-0.4, -0.2) is 5.71 Å². The Balaban J connectivity index is 2.43. The van der Waals surface area contributed by atoms with Gasteiger partial charge in [-0.2, -0.15) is 0 Å². The van der Waals surface area contributed by atoms with Crippen molar-refractivity contribution in [3.05, 3.63) is 82.6 Å². The van der Waals surface area contributed by atoms with E-state index >= 15 is 0 Å². The van der Waals surface area contributed by atoms with Crippen LogP contribution in [0.4, 0.5) is 0 Å². The van der Waals surface area contributed by atoms with Gasteiger partial charge in [0.25, 0.3) is 0 Å². The molecule has 0 amide bonds. The molecule has 0 fully saturated rings. The van der Waals surface area contributed by atoms with Crippen LogP contribution in [0.15, 0.2) is 54.2 Å². The van der Waals surface area contributed by atoms with Gasteiger partial charge in [0.2, 0.25) is 0 Å². The van der Waals surface area contributed by atoms with Crippen LogP contribution in [-0.2, 0) is 6.42 Å². The third kappa shape index (κ3) is 3.69. The van der Waals surface area contributed by atoms with Gasteiger partial charge >= 0.3 is 0 Å². The zero-order valence-electron chi connectivity index (χ0n) is 13.4. The first-order valence-corrected chi connectivity index (χ1v) is 7.32. The first kappa shape index (κ1) is 15.2. The SMILES string of the molecule is C=CN=C(Cc1cccc(C)c1)c1cc(C)c(C)cc1C. The molecule has 21 heavy (non-hydrogen) atoms. The van der Waals surface area contributed by atoms with Crippen molar-refractivity contribution in [1.29, 1.82) is 0 Å². The molecule has 0 aliphatic heterocycles. The summed E-state index contributed by atoms with van der Waals surface area (Å²) in [5.41, 5.74) is 8.76. The molecule has 0 aromatic heterocycles. The van der Waals surface area contributed by atoms with E-state index in [9.17, 15) is 0 Å². The van der Waals surface area contributed by atoms with Crippen LogP contribution < -0.4 is 0 Å². The smallest absolute Gasteiger partial charge is 0.0522 e. The second-order valence-corrected chi connectivity index (χ2v) is 5.68. The number of hydrogen-bond donors (Lipinski definition) is 0. The number of benzene rings is 2. The summed E-state index contributed by atoms with van der Waals surface area (Å²) in [4.78, 5) is 4.53. The van der Waals surface area contributed by atoms with Gasteiger partial charge in [-0.1, -0.05) is 42.5 Å². The summed E-state index contributed by atoms with van der Waals surface area (Å²) < 4.78 is 0. The van der Waals surface area contributed by atoms with E-state index in [0.29, 0.717) is 0 Å². The molecule has 1 heteroatoms. The van der Waals surface area contributed by atoms with E-state index in [1.54, 1.807) is 6.20 Å². The van der Waals surface area contributed by atoms with Crippen molar-refractivity contribution < 1.29 is 0 Å². The fraction of sp³-hybridized carbons (Fsp3) is 0.250. The molecule has 2 rings (SSSR count). The molecule has 0 radical (unpaired) electrons. The van der Waals surface area contributed by atoms with Gasteiger partial charge in [-0.3, -0.25) is 4.99 Å². The molecule has 0 atom stereocenters. The van der Waals surface area contributed by atoms with Crippen LogP contribution in [0, 0.1) is 27.7 Å². The summed E-state index contributed by atoms with van der Waals surface area (Å²) >= 11 is 0. The highest BCUT2D eigenvalue weighted by Gasteiger charge is 2.10. The summed E-state index contributed by atoms with van der Waals surface area (Å²) in [5, 5.41) is 0. The Morgan fingerprint density at radius 1 is 1.00 bits per heavy atom. The quantitative estimate of drug-likeness (QED) is 0.690. The number of aryl methyl sites for hydroxylation is 4. The number of hydrogen-bond acceptors (Lipinski definition) is 1. The molecule has 0 aliphatic rings. The highest BCUT2D eigenvalue weighted by atomic mass is 14.7. The summed E-state index contributed by atoms with van der Waals surface area (Å²) in [6.45, 7) is 12.3. The highest BCUT2D eigenvalue weighted by molar-refractivity contribution is 6.03. The largest absolute Gasteiger partial charge is 0.261 e. The topological polar surface area (TPSA) is 12.4 Å². The van der Waals surface area contributed by atoms with Crippen LogP contribution in [0.25, 0.3) is 0 Å². The maximum absolute atomic E-state index is 4.53. The van der Waals surface area contributed by atoms with Gasteiger partial charge in [-0.25, -0.2) is 0 Å². The monoisotopic (exact) mass is 277 g/mol. The standard InChI is InChI=1S/C20H23N/c1-6-21-20(13-18-9-7-8-14(2)10-18)19-12-16(4)15(3)11-17(19)5/h6-12H,1,13H2,2-5H3. The normalized spacial score (nSPS) is 11.5. The van der Waals surface area contributed by atoms with Crippen molar-refractivity contribution in [2.45, 2.75) is 34.1 Å². The predicted octanol–water partition coefficient (Wildman–Crippen LogP) is 5.10. The molecule has 2 aromatic carbocycles. The molecule has 1 nitrogen and oxygen atoms in total. The third-order valence-electron chi connectivity index (χ3n) is 3.85. The summed E-state index contributed by atoms with van der Waals surface area (Å²) in [5.74, 6) is 0. The Bertz CT molecular complexity index is 693. The molecule has 0 N–H and O–H groups in total. The number of rotatable bonds is 4. The Morgan fingerprint density at radius 2 is 1.71 bits per heavy atom. The van der Waals surface area contributed by atoms with Crippen LogP contribution in [0.2, 0.25) is 0 Å². The minimum atomic E-state index is 0.830. The molecule has 0 saturated heterocycles. The molecule has 0 aliphatic carbocycles. The van der Waals surface area contributed by atoms with E-state index in [1.165, 1.54) is 33.4 Å². The molecule has 0 saturated carbocycles. The Hall–Kier alpha value is -2.15. The first-order chi connectivity index (χ1) is 10.0. The van der Waals surface area contributed by atoms with E-state index in [0.717, 1.165) is 12.1 Å². The Kier molecular flexibility index (Phi) is 4.74. The zero-order valence-corrected chi connectivity index (χ0v) is 13.4. The predicted molar refractivity (Wildman–Crippen MR) is 92.3 cm³/mol. The Morgan fingerprint density at radius 3 is 2.38 bits per heavy atom. The van der Waals surface area contributed by atoms with Crippen molar-refractivity contribution in [3.63, 3.8) is 0 Å². The second-order valence-electron chi connectivity index (χ2n) is 5.68. The van der Waals surface area contributed by atoms with Crippen molar-refractivity contribution in [2.24, 2.45) is 4.99 Å². The fourth-order valence-electron chi connectivity index (χ4n) is 2.61. The lowest BCUT2D eigenvalue weighted by atomic mass is 9.94. The van der Waals surface area contributed by atoms with Crippen molar-refractivity contribution in [2.75, 3.05) is 0 Å². The lowest BCUT2D eigenvalue weighted by molar-refractivity contribution is 1.24. The zero-order chi connectivity index (χ0) is 15.4. The van der Waals surface area contributed by atoms with E-state index in [4.69, 9.17) is 0 Å². The van der Waals surface area contributed by atoms with Gasteiger partial charge in [0.15, 0.2) is 0 Å². The van der Waals surface area contributed by atoms with E-state index < -0.39 is 0 Å². The van der Waals surface area contributed by atoms with Crippen LogP contribution in [0.3, 0.4) is 0 Å². The molecule has 2 aromatic rings. The fourth-order valence-corrected chi connectivity index (χ4v) is 2.61. The molecule has 108 valence electrons. The minimum Gasteiger partial charge on any atom is -0.261 e. The lowest BCUT2D eigenvalue weighted by Gasteiger charge is -2.13. The van der Waals surface area contributed by atoms with Crippen molar-refractivity contribution in [1.82, 2.24) is 0 Å². The summed E-state index contributed by atoms with van der Waals surface area (Å²) in [7, 11) is 0. The van der Waals surface area contributed by atoms with E-state index in [2.05, 4.69) is 75.7 Å². The number of nitrogens with zero attached hydrogens (tertiary/aromatic N) is 1. The minimum absolute atomic E-state index is 0.830. The van der Waals surface area contributed by atoms with Crippen molar-refractivity contribution >= 4 is 5.71 Å². The maximum Gasteiger partial charge on any atom is 0.0522 e. The molecular weight excluding hydrogens is 254 g/mol. The second kappa shape index (κ2) is 6.53. The van der Waals surface area contributed by atoms with Crippen molar-refractivity contribution in [3.8, 4) is 0 Å². The highest BCUT2D eigenvalue weighted by Crippen LogP contribution is 2.19. The third-order valence-corrected chi connectivity index (χ3v) is 3.85. The molecule has 0 spiro atoms. The molecule has 0 heterocycles. The average Bonchev–Trinajstić information content (AvgIpc) is 2.42. The van der Waals surface area contributed by atoms with Gasteiger partial charge < -0.3 is 0 Å². The van der Waals surface area contributed by atoms with Crippen LogP contribution >= 0.6 is 0 Å². The van der Waals surface area contributed by atoms with Gasteiger partial charge in [0, 0.05) is 12.6 Å². The van der Waals surface area contributed by atoms with Gasteiger partial charge in [0.1, 0.15) is 0 Å². The maximum atomic E-state index is 4.53. The first-order valence-electron chi connectivity index (χ1n) is 7.32. The summed E-state index contributed by atoms with van der Waals surface area (Å²) in [6, 6.07) is 13.1. The van der Waals surface area contributed by atoms with Crippen LogP contribution in [0.1, 0.15) is 33.4 Å². The van der Waals surface area contributed by atoms with Gasteiger partial charge in [0.05, 0.1) is 5.71 Å². The van der Waals surface area contributed by atoms with Gasteiger partial charge in [-0.05, 0) is 61.6 Å². The lowest BCUT2D eigenvalue weighted by Crippen LogP contribution is -2.08. The number of aliphatic imine (C=N–C) groups is 1. The molecule has 0 bridgehead atoms. The molecular formula is C20H23N. The van der Waals surface area contributed by atoms with Crippen LogP contribution in [0.5, 0.6) is 0 Å². The van der Waals surface area contributed by atoms with E-state index in [-0.39, 0.29) is 0 Å². The van der Waals surface area contributed by atoms with Gasteiger partial charge in [-0.15, -0.1) is 0 Å². The van der Waals surface area contributed by atoms with E-state index in [1.807, 2.05) is 0 Å². The summed E-state index contributed by atoms with van der Waals surface area (Å²) in [6.07, 6.45) is 2.47. The molecule has 0 unspecified atom stereocenters. The average molecular weight is 277 g/mol. The Labute approximate surface area is 128 Å².